The van der Waals surface area contributed by atoms with Crippen molar-refractivity contribution >= 4 is 16.8 Å². The first-order valence-corrected chi connectivity index (χ1v) is 10.2. The lowest BCUT2D eigenvalue weighted by molar-refractivity contribution is 0.0700. The minimum atomic E-state index is -0.0373. The Bertz CT molecular complexity index is 1220. The van der Waals surface area contributed by atoms with Crippen LogP contribution in [0.1, 0.15) is 40.6 Å². The Morgan fingerprint density at radius 1 is 1.10 bits per heavy atom. The maximum Gasteiger partial charge on any atom is 0.272 e. The third kappa shape index (κ3) is 3.43. The number of H-pyrrole nitrogens is 1. The second-order valence-electron chi connectivity index (χ2n) is 7.68. The SMILES string of the molecule is Cc1cnc(-c2nccnc2[C@@H]2CCCN(C(=O)c3ccc4ccccc4n3)C2)[nH]1. The van der Waals surface area contributed by atoms with E-state index < -0.39 is 0 Å². The van der Waals surface area contributed by atoms with Gasteiger partial charge in [0.05, 0.1) is 11.2 Å². The summed E-state index contributed by atoms with van der Waals surface area (Å²) >= 11 is 0. The molecule has 4 heterocycles. The van der Waals surface area contributed by atoms with Crippen molar-refractivity contribution in [2.45, 2.75) is 25.7 Å². The number of likely N-dealkylation sites (tertiary alicyclic amines) is 1. The minimum absolute atomic E-state index is 0.0373. The van der Waals surface area contributed by atoms with Gasteiger partial charge in [0.25, 0.3) is 5.91 Å². The second kappa shape index (κ2) is 7.67. The predicted molar refractivity (Wildman–Crippen MR) is 114 cm³/mol. The van der Waals surface area contributed by atoms with E-state index in [2.05, 4.69) is 24.9 Å². The molecule has 3 aromatic heterocycles. The predicted octanol–water partition coefficient (Wildman–Crippen LogP) is 3.74. The summed E-state index contributed by atoms with van der Waals surface area (Å²) in [6.07, 6.45) is 7.05. The molecule has 0 bridgehead atoms. The highest BCUT2D eigenvalue weighted by Crippen LogP contribution is 2.31. The van der Waals surface area contributed by atoms with E-state index in [1.54, 1.807) is 18.6 Å². The molecule has 1 aromatic carbocycles. The first kappa shape index (κ1) is 18.4. The van der Waals surface area contributed by atoms with E-state index in [1.807, 2.05) is 48.2 Å². The van der Waals surface area contributed by atoms with Crippen LogP contribution in [0.2, 0.25) is 0 Å². The average Bonchev–Trinajstić information content (AvgIpc) is 3.24. The molecule has 150 valence electrons. The molecule has 1 amide bonds. The molecule has 7 nitrogen and oxygen atoms in total. The van der Waals surface area contributed by atoms with E-state index in [-0.39, 0.29) is 11.8 Å². The molecule has 1 atom stereocenters. The number of para-hydroxylation sites is 1. The van der Waals surface area contributed by atoms with Crippen molar-refractivity contribution in [1.82, 2.24) is 29.8 Å². The largest absolute Gasteiger partial charge is 0.341 e. The van der Waals surface area contributed by atoms with Gasteiger partial charge in [-0.3, -0.25) is 9.78 Å². The molecular formula is C23H22N6O. The maximum atomic E-state index is 13.2. The number of nitrogens with zero attached hydrogens (tertiary/aromatic N) is 5. The van der Waals surface area contributed by atoms with Gasteiger partial charge < -0.3 is 9.88 Å². The van der Waals surface area contributed by atoms with Gasteiger partial charge in [-0.25, -0.2) is 15.0 Å². The van der Waals surface area contributed by atoms with E-state index in [0.717, 1.165) is 53.2 Å². The van der Waals surface area contributed by atoms with Crippen LogP contribution in [0.15, 0.2) is 55.0 Å². The number of carbonyl (C=O) groups is 1. The molecule has 1 fully saturated rings. The molecule has 0 aliphatic carbocycles. The van der Waals surface area contributed by atoms with Gasteiger partial charge >= 0.3 is 0 Å². The normalized spacial score (nSPS) is 16.7. The number of hydrogen-bond donors (Lipinski definition) is 1. The first-order valence-electron chi connectivity index (χ1n) is 10.2. The van der Waals surface area contributed by atoms with Crippen LogP contribution in [-0.4, -0.2) is 48.8 Å². The van der Waals surface area contributed by atoms with Gasteiger partial charge in [0, 0.05) is 48.7 Å². The summed E-state index contributed by atoms with van der Waals surface area (Å²) in [4.78, 5) is 36.5. The number of aryl methyl sites for hydroxylation is 1. The van der Waals surface area contributed by atoms with Gasteiger partial charge in [-0.1, -0.05) is 24.3 Å². The number of imidazole rings is 1. The summed E-state index contributed by atoms with van der Waals surface area (Å²) in [6, 6.07) is 11.6. The molecule has 1 aliphatic rings. The van der Waals surface area contributed by atoms with Gasteiger partial charge in [-0.2, -0.15) is 0 Å². The van der Waals surface area contributed by atoms with Crippen LogP contribution >= 0.6 is 0 Å². The van der Waals surface area contributed by atoms with Crippen molar-refractivity contribution in [1.29, 1.82) is 0 Å². The Kier molecular flexibility index (Phi) is 4.71. The number of piperidine rings is 1. The number of aromatic nitrogens is 5. The zero-order valence-electron chi connectivity index (χ0n) is 16.7. The molecule has 0 spiro atoms. The van der Waals surface area contributed by atoms with E-state index in [0.29, 0.717) is 12.2 Å². The molecule has 5 rings (SSSR count). The molecule has 7 heteroatoms. The zero-order chi connectivity index (χ0) is 20.5. The number of nitrogens with one attached hydrogen (secondary N) is 1. The van der Waals surface area contributed by atoms with Gasteiger partial charge in [-0.05, 0) is 31.9 Å². The van der Waals surface area contributed by atoms with E-state index >= 15 is 0 Å². The monoisotopic (exact) mass is 398 g/mol. The molecular weight excluding hydrogens is 376 g/mol. The summed E-state index contributed by atoms with van der Waals surface area (Å²) < 4.78 is 0. The van der Waals surface area contributed by atoms with Gasteiger partial charge in [0.15, 0.2) is 5.82 Å². The number of aromatic amines is 1. The minimum Gasteiger partial charge on any atom is -0.341 e. The highest BCUT2D eigenvalue weighted by atomic mass is 16.2. The number of benzene rings is 1. The van der Waals surface area contributed by atoms with Crippen LogP contribution in [-0.2, 0) is 0 Å². The highest BCUT2D eigenvalue weighted by molar-refractivity contribution is 5.95. The van der Waals surface area contributed by atoms with Crippen LogP contribution < -0.4 is 0 Å². The average molecular weight is 398 g/mol. The highest BCUT2D eigenvalue weighted by Gasteiger charge is 2.29. The fourth-order valence-electron chi connectivity index (χ4n) is 4.09. The summed E-state index contributed by atoms with van der Waals surface area (Å²) in [6.45, 7) is 3.28. The topological polar surface area (TPSA) is 87.7 Å². The Morgan fingerprint density at radius 2 is 1.97 bits per heavy atom. The molecule has 30 heavy (non-hydrogen) atoms. The Balaban J connectivity index is 1.42. The van der Waals surface area contributed by atoms with Crippen molar-refractivity contribution in [3.63, 3.8) is 0 Å². The van der Waals surface area contributed by atoms with E-state index in [4.69, 9.17) is 0 Å². The van der Waals surface area contributed by atoms with Crippen molar-refractivity contribution in [3.8, 4) is 11.5 Å². The summed E-state index contributed by atoms with van der Waals surface area (Å²) in [5, 5.41) is 1.03. The van der Waals surface area contributed by atoms with Crippen molar-refractivity contribution in [2.75, 3.05) is 13.1 Å². The van der Waals surface area contributed by atoms with Crippen molar-refractivity contribution in [3.05, 3.63) is 72.1 Å². The molecule has 1 saturated heterocycles. The second-order valence-corrected chi connectivity index (χ2v) is 7.68. The number of pyridine rings is 1. The van der Waals surface area contributed by atoms with Crippen LogP contribution in [0.25, 0.3) is 22.4 Å². The van der Waals surface area contributed by atoms with Crippen molar-refractivity contribution in [2.24, 2.45) is 0 Å². The Labute approximate surface area is 174 Å². The zero-order valence-corrected chi connectivity index (χ0v) is 16.7. The summed E-state index contributed by atoms with van der Waals surface area (Å²) in [5.41, 5.74) is 3.94. The van der Waals surface area contributed by atoms with E-state index in [9.17, 15) is 4.79 Å². The third-order valence-corrected chi connectivity index (χ3v) is 5.57. The van der Waals surface area contributed by atoms with Gasteiger partial charge in [0.1, 0.15) is 11.4 Å². The molecule has 0 radical (unpaired) electrons. The van der Waals surface area contributed by atoms with Gasteiger partial charge in [0.2, 0.25) is 0 Å². The molecule has 0 saturated carbocycles. The Hall–Kier alpha value is -3.61. The fourth-order valence-corrected chi connectivity index (χ4v) is 4.09. The Morgan fingerprint density at radius 3 is 2.83 bits per heavy atom. The fraction of sp³-hybridized carbons (Fsp3) is 0.261. The number of rotatable bonds is 3. The summed E-state index contributed by atoms with van der Waals surface area (Å²) in [5.74, 6) is 0.789. The van der Waals surface area contributed by atoms with Crippen LogP contribution in [0.5, 0.6) is 0 Å². The lowest BCUT2D eigenvalue weighted by atomic mass is 9.92. The first-order chi connectivity index (χ1) is 14.7. The van der Waals surface area contributed by atoms with Crippen LogP contribution in [0.4, 0.5) is 0 Å². The number of carbonyl (C=O) groups excluding carboxylic acids is 1. The molecule has 1 aliphatic heterocycles. The number of fused-ring (bicyclic) bond motifs is 1. The van der Waals surface area contributed by atoms with E-state index in [1.165, 1.54) is 0 Å². The van der Waals surface area contributed by atoms with Gasteiger partial charge in [-0.15, -0.1) is 0 Å². The number of hydrogen-bond acceptors (Lipinski definition) is 5. The van der Waals surface area contributed by atoms with Crippen LogP contribution in [0.3, 0.4) is 0 Å². The third-order valence-electron chi connectivity index (χ3n) is 5.57. The smallest absolute Gasteiger partial charge is 0.272 e. The maximum absolute atomic E-state index is 13.2. The molecule has 0 unspecified atom stereocenters. The lowest BCUT2D eigenvalue weighted by Gasteiger charge is -2.32. The standard InChI is InChI=1S/C23H22N6O/c1-15-13-26-22(27-15)21-20(24-10-11-25-21)17-6-4-12-29(14-17)23(30)19-9-8-16-5-2-3-7-18(16)28-19/h2-3,5,7-11,13,17H,4,6,12,14H2,1H3,(H,26,27)/t17-/m1/s1. The number of amides is 1. The molecule has 4 aromatic rings. The summed E-state index contributed by atoms with van der Waals surface area (Å²) in [7, 11) is 0. The van der Waals surface area contributed by atoms with Crippen LogP contribution in [0, 0.1) is 6.92 Å². The lowest BCUT2D eigenvalue weighted by Crippen LogP contribution is -2.39. The van der Waals surface area contributed by atoms with Crippen molar-refractivity contribution < 1.29 is 4.79 Å². The quantitative estimate of drug-likeness (QED) is 0.568. The molecule has 1 N–H and O–H groups in total.